The van der Waals surface area contributed by atoms with E-state index < -0.39 is 12.8 Å². The van der Waals surface area contributed by atoms with Gasteiger partial charge < -0.3 is 20.7 Å². The van der Waals surface area contributed by atoms with Crippen LogP contribution >= 0.6 is 11.3 Å². The van der Waals surface area contributed by atoms with Crippen LogP contribution in [0.25, 0.3) is 0 Å². The molecule has 3 aromatic rings. The van der Waals surface area contributed by atoms with Crippen LogP contribution in [0, 0.1) is 11.3 Å². The number of nitrogens with zero attached hydrogens (tertiary/aromatic N) is 5. The number of fused-ring (bicyclic) bond motifs is 1. The minimum Gasteiger partial charge on any atom is -0.415 e. The van der Waals surface area contributed by atoms with Gasteiger partial charge in [-0.1, -0.05) is 0 Å². The molecule has 41 heavy (non-hydrogen) atoms. The quantitative estimate of drug-likeness (QED) is 0.342. The van der Waals surface area contributed by atoms with E-state index in [2.05, 4.69) is 36.0 Å². The van der Waals surface area contributed by atoms with E-state index in [4.69, 9.17) is 0 Å². The van der Waals surface area contributed by atoms with Crippen LogP contribution in [-0.2, 0) is 24.7 Å². The molecule has 2 amide bonds. The van der Waals surface area contributed by atoms with Crippen LogP contribution in [0.1, 0.15) is 65.4 Å². The minimum atomic E-state index is -2.99. The van der Waals surface area contributed by atoms with Crippen molar-refractivity contribution in [3.05, 3.63) is 28.4 Å². The first-order chi connectivity index (χ1) is 19.7. The lowest BCUT2D eigenvalue weighted by Crippen LogP contribution is -2.36. The highest BCUT2D eigenvalue weighted by Gasteiger charge is 2.63. The van der Waals surface area contributed by atoms with E-state index in [1.165, 1.54) is 22.1 Å². The third-order valence-electron chi connectivity index (χ3n) is 8.81. The second-order valence-electron chi connectivity index (χ2n) is 11.5. The molecule has 0 unspecified atom stereocenters. The number of ether oxygens (including phenoxy) is 1. The Morgan fingerprint density at radius 3 is 2.78 bits per heavy atom. The van der Waals surface area contributed by atoms with Crippen molar-refractivity contribution >= 4 is 39.9 Å². The predicted octanol–water partition coefficient (Wildman–Crippen LogP) is 4.12. The van der Waals surface area contributed by atoms with Gasteiger partial charge >= 0.3 is 6.61 Å². The molecule has 0 radical (unpaired) electrons. The Labute approximate surface area is 236 Å². The van der Waals surface area contributed by atoms with E-state index >= 15 is 0 Å². The largest absolute Gasteiger partial charge is 0.415 e. The number of amides is 2. The molecule has 1 spiro atoms. The molecule has 11 nitrogen and oxygen atoms in total. The van der Waals surface area contributed by atoms with Gasteiger partial charge in [0, 0.05) is 36.0 Å². The third-order valence-corrected chi connectivity index (χ3v) is 10.0. The highest BCUT2D eigenvalue weighted by atomic mass is 32.1. The van der Waals surface area contributed by atoms with Crippen molar-refractivity contribution in [3.8, 4) is 5.88 Å². The van der Waals surface area contributed by atoms with Gasteiger partial charge in [0.15, 0.2) is 0 Å². The molecule has 0 aromatic carbocycles. The number of alkyl halides is 3. The van der Waals surface area contributed by atoms with Crippen LogP contribution in [0.3, 0.4) is 0 Å². The van der Waals surface area contributed by atoms with Crippen LogP contribution in [-0.4, -0.2) is 55.2 Å². The lowest BCUT2D eigenvalue weighted by Gasteiger charge is -2.28. The molecule has 2 atom stereocenters. The molecule has 4 aliphatic rings. The third kappa shape index (κ3) is 4.93. The summed E-state index contributed by atoms with van der Waals surface area (Å²) in [4.78, 5) is 27.5. The zero-order chi connectivity index (χ0) is 28.5. The number of rotatable bonds is 9. The van der Waals surface area contributed by atoms with Gasteiger partial charge in [0.1, 0.15) is 23.3 Å². The van der Waals surface area contributed by atoms with Gasteiger partial charge in [0.2, 0.25) is 17.7 Å². The van der Waals surface area contributed by atoms with Crippen LogP contribution in [0.4, 0.5) is 29.9 Å². The number of hydrogen-bond donors (Lipinski definition) is 3. The van der Waals surface area contributed by atoms with Gasteiger partial charge in [-0.25, -0.2) is 9.07 Å². The van der Waals surface area contributed by atoms with Crippen LogP contribution in [0.5, 0.6) is 5.88 Å². The fraction of sp³-hybridized carbons (Fsp3) is 0.577. The molecular weight excluding hydrogens is 561 g/mol. The monoisotopic (exact) mass is 590 g/mol. The molecule has 15 heteroatoms. The van der Waals surface area contributed by atoms with E-state index in [1.54, 1.807) is 13.4 Å². The minimum absolute atomic E-state index is 0.107. The van der Waals surface area contributed by atoms with Crippen molar-refractivity contribution in [3.63, 3.8) is 0 Å². The molecule has 0 saturated heterocycles. The average Bonchev–Trinajstić information content (AvgIpc) is 3.62. The molecule has 218 valence electrons. The first kappa shape index (κ1) is 26.3. The Morgan fingerprint density at radius 2 is 2.07 bits per heavy atom. The number of aryl methyl sites for hydroxylation is 2. The predicted molar refractivity (Wildman–Crippen MR) is 142 cm³/mol. The van der Waals surface area contributed by atoms with Crippen molar-refractivity contribution in [1.29, 1.82) is 0 Å². The van der Waals surface area contributed by atoms with Crippen molar-refractivity contribution in [2.24, 2.45) is 18.4 Å². The zero-order valence-electron chi connectivity index (χ0n) is 22.2. The van der Waals surface area contributed by atoms with Crippen LogP contribution < -0.4 is 20.7 Å². The zero-order valence-corrected chi connectivity index (χ0v) is 23.0. The highest BCUT2D eigenvalue weighted by Crippen LogP contribution is 2.66. The second kappa shape index (κ2) is 9.74. The van der Waals surface area contributed by atoms with Crippen LogP contribution in [0.2, 0.25) is 0 Å². The van der Waals surface area contributed by atoms with Gasteiger partial charge in [-0.2, -0.15) is 8.78 Å². The summed E-state index contributed by atoms with van der Waals surface area (Å²) in [6.07, 6.45) is 6.24. The molecular formula is C26H29F3N8O3S. The van der Waals surface area contributed by atoms with E-state index in [0.29, 0.717) is 35.2 Å². The Kier molecular flexibility index (Phi) is 6.24. The number of carbonyl (C=O) groups excluding carboxylic acids is 2. The Morgan fingerprint density at radius 1 is 1.27 bits per heavy atom. The number of anilines is 3. The number of carbonyl (C=O) groups is 2. The van der Waals surface area contributed by atoms with Gasteiger partial charge in [-0.15, -0.1) is 26.6 Å². The standard InChI is InChI=1S/C26H29F3N8O3S/c1-36-18(9-19(35-36)40-24(28)29)32-25-34-30-11-37(25)14-2-3-16-15(8-14)20(22(39)31-17-10-26(17)4-5-26)23(41-16)33-21(38)12-6-13(27)7-12/h9,11-14,17,24H,2-8,10H2,1H3,(H,31,39)(H,32,34)(H,33,38)/t12-,13-,14-,17+/m0/s1. The number of thiophene rings is 1. The van der Waals surface area contributed by atoms with Gasteiger partial charge in [0.25, 0.3) is 5.91 Å². The molecule has 3 saturated carbocycles. The molecule has 3 N–H and O–H groups in total. The van der Waals surface area contributed by atoms with Crippen molar-refractivity contribution in [2.45, 2.75) is 76.2 Å². The number of halogens is 3. The molecule has 3 fully saturated rings. The SMILES string of the molecule is Cn1nc(OC(F)F)cc1Nc1nncn1[C@H]1CCc2sc(NC(=O)[C@H]3C[C@H](F)C3)c(C(=O)N[C@@H]3CC34CC4)c2C1. The average molecular weight is 591 g/mol. The van der Waals surface area contributed by atoms with E-state index in [-0.39, 0.29) is 54.0 Å². The highest BCUT2D eigenvalue weighted by molar-refractivity contribution is 7.17. The lowest BCUT2D eigenvalue weighted by molar-refractivity contribution is -0.124. The summed E-state index contributed by atoms with van der Waals surface area (Å²) in [7, 11) is 1.59. The van der Waals surface area contributed by atoms with Crippen LogP contribution in [0.15, 0.2) is 12.4 Å². The first-order valence-corrected chi connectivity index (χ1v) is 14.6. The maximum absolute atomic E-state index is 13.6. The van der Waals surface area contributed by atoms with Crippen molar-refractivity contribution in [1.82, 2.24) is 29.9 Å². The first-order valence-electron chi connectivity index (χ1n) is 13.7. The van der Waals surface area contributed by atoms with Gasteiger partial charge in [-0.3, -0.25) is 14.2 Å². The fourth-order valence-electron chi connectivity index (χ4n) is 6.02. The Balaban J connectivity index is 1.13. The van der Waals surface area contributed by atoms with E-state index in [9.17, 15) is 22.8 Å². The maximum Gasteiger partial charge on any atom is 0.388 e. The number of nitrogens with one attached hydrogen (secondary N) is 3. The summed E-state index contributed by atoms with van der Waals surface area (Å²) in [5.41, 5.74) is 1.65. The fourth-order valence-corrected chi connectivity index (χ4v) is 7.27. The van der Waals surface area contributed by atoms with Crippen molar-refractivity contribution < 1.29 is 27.5 Å². The Bertz CT molecular complexity index is 1510. The van der Waals surface area contributed by atoms with E-state index in [1.807, 2.05) is 4.57 Å². The normalized spacial score (nSPS) is 25.4. The second-order valence-corrected chi connectivity index (χ2v) is 12.6. The molecule has 3 heterocycles. The molecule has 3 aromatic heterocycles. The number of hydrogen-bond acceptors (Lipinski definition) is 8. The summed E-state index contributed by atoms with van der Waals surface area (Å²) in [6, 6.07) is 1.40. The van der Waals surface area contributed by atoms with Gasteiger partial charge in [0.05, 0.1) is 5.56 Å². The summed E-state index contributed by atoms with van der Waals surface area (Å²) in [6.45, 7) is -2.99. The summed E-state index contributed by atoms with van der Waals surface area (Å²) in [5, 5.41) is 21.9. The molecule has 4 aliphatic carbocycles. The lowest BCUT2D eigenvalue weighted by atomic mass is 9.83. The molecule has 0 bridgehead atoms. The molecule has 7 rings (SSSR count). The van der Waals surface area contributed by atoms with E-state index in [0.717, 1.165) is 36.1 Å². The number of aromatic nitrogens is 5. The summed E-state index contributed by atoms with van der Waals surface area (Å²) in [5.74, 6) is -0.265. The molecule has 0 aliphatic heterocycles. The topological polar surface area (TPSA) is 128 Å². The maximum atomic E-state index is 13.6. The van der Waals surface area contributed by atoms with Gasteiger partial charge in [-0.05, 0) is 62.3 Å². The smallest absolute Gasteiger partial charge is 0.388 e. The summed E-state index contributed by atoms with van der Waals surface area (Å²) >= 11 is 1.42. The Hall–Kier alpha value is -3.62. The van der Waals surface area contributed by atoms with Crippen molar-refractivity contribution in [2.75, 3.05) is 10.6 Å². The summed E-state index contributed by atoms with van der Waals surface area (Å²) < 4.78 is 46.3.